The molecule has 4 nitrogen and oxygen atoms in total. The summed E-state index contributed by atoms with van der Waals surface area (Å²) in [6.45, 7) is 5.16. The summed E-state index contributed by atoms with van der Waals surface area (Å²) in [5.41, 5.74) is 0. The number of hydrogen-bond donors (Lipinski definition) is 1. The maximum atomic E-state index is 12.2. The molecule has 0 rings (SSSR count). The molecule has 0 aromatic heterocycles. The number of ether oxygens (including phenoxy) is 2. The topological polar surface area (TPSA) is 55.8 Å². The molecule has 0 heterocycles. The van der Waals surface area contributed by atoms with Gasteiger partial charge in [0, 0.05) is 13.0 Å². The lowest BCUT2D eigenvalue weighted by Gasteiger charge is -2.15. The highest BCUT2D eigenvalue weighted by Crippen LogP contribution is 2.12. The third-order valence-electron chi connectivity index (χ3n) is 9.39. The zero-order chi connectivity index (χ0) is 39.8. The maximum Gasteiger partial charge on any atom is 0.306 e. The van der Waals surface area contributed by atoms with Crippen molar-refractivity contribution in [3.8, 4) is 0 Å². The summed E-state index contributed by atoms with van der Waals surface area (Å²) in [5.74, 6) is -0.246. The van der Waals surface area contributed by atoms with Crippen LogP contribution in [0.25, 0.3) is 0 Å². The molecule has 0 aliphatic rings. The highest BCUT2D eigenvalue weighted by atomic mass is 16.6. The van der Waals surface area contributed by atoms with Crippen molar-refractivity contribution >= 4 is 5.97 Å². The van der Waals surface area contributed by atoms with Crippen LogP contribution in [0.1, 0.15) is 194 Å². The molecule has 0 radical (unpaired) electrons. The monoisotopic (exact) mass is 763 g/mol. The Morgan fingerprint density at radius 3 is 1.24 bits per heavy atom. The van der Waals surface area contributed by atoms with E-state index in [0.717, 1.165) is 70.6 Å². The number of hydrogen-bond acceptors (Lipinski definition) is 4. The number of allylic oxidation sites excluding steroid dienone is 16. The van der Waals surface area contributed by atoms with E-state index in [1.807, 2.05) is 0 Å². The number of esters is 1. The Labute approximate surface area is 341 Å². The van der Waals surface area contributed by atoms with Crippen LogP contribution in [0.3, 0.4) is 0 Å². The Morgan fingerprint density at radius 2 is 0.818 bits per heavy atom. The van der Waals surface area contributed by atoms with Crippen molar-refractivity contribution in [2.24, 2.45) is 0 Å². The van der Waals surface area contributed by atoms with E-state index in [2.05, 4.69) is 111 Å². The van der Waals surface area contributed by atoms with Gasteiger partial charge in [-0.3, -0.25) is 4.79 Å². The van der Waals surface area contributed by atoms with Crippen LogP contribution in [0.15, 0.2) is 97.2 Å². The van der Waals surface area contributed by atoms with E-state index >= 15 is 0 Å². The first-order valence-electron chi connectivity index (χ1n) is 22.8. The number of aliphatic hydroxyl groups is 1. The molecule has 0 aliphatic heterocycles. The van der Waals surface area contributed by atoms with Crippen molar-refractivity contribution in [1.29, 1.82) is 0 Å². The van der Waals surface area contributed by atoms with Crippen molar-refractivity contribution in [2.45, 2.75) is 200 Å². The molecule has 0 amide bonds. The number of aliphatic hydroxyl groups excluding tert-OH is 1. The molecule has 0 spiro atoms. The lowest BCUT2D eigenvalue weighted by Crippen LogP contribution is -2.27. The fourth-order valence-corrected chi connectivity index (χ4v) is 6.01. The van der Waals surface area contributed by atoms with Crippen LogP contribution in [-0.2, 0) is 14.3 Å². The largest absolute Gasteiger partial charge is 0.457 e. The van der Waals surface area contributed by atoms with E-state index in [4.69, 9.17) is 9.47 Å². The summed E-state index contributed by atoms with van der Waals surface area (Å²) in [5, 5.41) is 9.62. The average molecular weight is 763 g/mol. The van der Waals surface area contributed by atoms with E-state index < -0.39 is 6.10 Å². The van der Waals surface area contributed by atoms with E-state index in [9.17, 15) is 9.90 Å². The first-order valence-corrected chi connectivity index (χ1v) is 22.8. The number of carbonyl (C=O) groups excluding carboxylic acids is 1. The second kappa shape index (κ2) is 47.5. The van der Waals surface area contributed by atoms with E-state index in [0.29, 0.717) is 13.0 Å². The number of unbranched alkanes of at least 4 members (excludes halogenated alkanes) is 17. The molecule has 1 atom stereocenters. The van der Waals surface area contributed by atoms with Gasteiger partial charge in [0.05, 0.1) is 13.2 Å². The predicted molar refractivity (Wildman–Crippen MR) is 242 cm³/mol. The van der Waals surface area contributed by atoms with Crippen molar-refractivity contribution in [2.75, 3.05) is 19.8 Å². The molecule has 4 heteroatoms. The molecule has 1 unspecified atom stereocenters. The SMILES string of the molecule is CC/C=C\C/C=C\C/C=C\C/C=C\C/C=C\C/C=C\CCCCC(=O)OC(CO)COCCCCCCCCCCCC/C=C\C/C=C\CCCCCCC. The third kappa shape index (κ3) is 45.6. The first kappa shape index (κ1) is 52.3. The molecule has 0 saturated heterocycles. The predicted octanol–water partition coefficient (Wildman–Crippen LogP) is 15.3. The average Bonchev–Trinajstić information content (AvgIpc) is 3.19. The van der Waals surface area contributed by atoms with Gasteiger partial charge >= 0.3 is 5.97 Å². The smallest absolute Gasteiger partial charge is 0.306 e. The summed E-state index contributed by atoms with van der Waals surface area (Å²) in [7, 11) is 0. The van der Waals surface area contributed by atoms with Gasteiger partial charge in [-0.1, -0.05) is 188 Å². The van der Waals surface area contributed by atoms with Gasteiger partial charge < -0.3 is 14.6 Å². The minimum Gasteiger partial charge on any atom is -0.457 e. The van der Waals surface area contributed by atoms with Gasteiger partial charge in [0.2, 0.25) is 0 Å². The minimum atomic E-state index is -0.566. The van der Waals surface area contributed by atoms with Crippen molar-refractivity contribution in [3.63, 3.8) is 0 Å². The Hall–Kier alpha value is -2.69. The Balaban J connectivity index is 3.55. The summed E-state index contributed by atoms with van der Waals surface area (Å²) < 4.78 is 11.1. The fourth-order valence-electron chi connectivity index (χ4n) is 6.01. The summed E-state index contributed by atoms with van der Waals surface area (Å²) in [6, 6.07) is 0. The molecule has 0 aromatic rings. The highest BCUT2D eigenvalue weighted by Gasteiger charge is 2.13. The molecule has 1 N–H and O–H groups in total. The standard InChI is InChI=1S/C51H86O4/c1-3-5-7-9-11-13-15-17-19-21-23-25-27-29-31-33-35-37-39-41-43-45-47-54-49-50(48-52)55-51(53)46-44-42-40-38-36-34-32-30-28-26-24-22-20-18-16-14-12-10-8-6-4-2/h6,8,12,14-15,17-18,20-21,23-24,26,30,32,36,38,50,52H,3-5,7,9-11,13,16,19,22,25,27-29,31,33-35,37,39-49H2,1-2H3/b8-6-,14-12-,17-15-,20-18-,23-21-,26-24-,32-30-,38-36-. The van der Waals surface area contributed by atoms with Crippen LogP contribution in [-0.4, -0.2) is 37.0 Å². The molecular formula is C51H86O4. The quantitative estimate of drug-likeness (QED) is 0.0383. The van der Waals surface area contributed by atoms with Crippen molar-refractivity contribution in [1.82, 2.24) is 0 Å². The lowest BCUT2D eigenvalue weighted by atomic mass is 10.1. The molecule has 0 bridgehead atoms. The molecule has 0 saturated carbocycles. The minimum absolute atomic E-state index is 0.196. The third-order valence-corrected chi connectivity index (χ3v) is 9.39. The van der Waals surface area contributed by atoms with Gasteiger partial charge in [-0.15, -0.1) is 0 Å². The van der Waals surface area contributed by atoms with Crippen LogP contribution in [0, 0.1) is 0 Å². The van der Waals surface area contributed by atoms with Gasteiger partial charge in [0.25, 0.3) is 0 Å². The van der Waals surface area contributed by atoms with Gasteiger partial charge in [0.1, 0.15) is 6.10 Å². The van der Waals surface area contributed by atoms with Crippen LogP contribution in [0.5, 0.6) is 0 Å². The summed E-state index contributed by atoms with van der Waals surface area (Å²) >= 11 is 0. The van der Waals surface area contributed by atoms with Crippen molar-refractivity contribution in [3.05, 3.63) is 97.2 Å². The summed E-state index contributed by atoms with van der Waals surface area (Å²) in [6.07, 6.45) is 67.6. The van der Waals surface area contributed by atoms with Crippen molar-refractivity contribution < 1.29 is 19.4 Å². The molecule has 314 valence electrons. The zero-order valence-corrected chi connectivity index (χ0v) is 35.9. The van der Waals surface area contributed by atoms with Gasteiger partial charge in [-0.2, -0.15) is 0 Å². The van der Waals surface area contributed by atoms with Gasteiger partial charge in [-0.05, 0) is 96.3 Å². The highest BCUT2D eigenvalue weighted by molar-refractivity contribution is 5.69. The van der Waals surface area contributed by atoms with Gasteiger partial charge in [0.15, 0.2) is 0 Å². The van der Waals surface area contributed by atoms with Gasteiger partial charge in [-0.25, -0.2) is 0 Å². The Bertz CT molecular complexity index is 1030. The van der Waals surface area contributed by atoms with Crippen LogP contribution < -0.4 is 0 Å². The Kier molecular flexibility index (Phi) is 45.1. The van der Waals surface area contributed by atoms with Crippen LogP contribution in [0.4, 0.5) is 0 Å². The number of rotatable bonds is 41. The zero-order valence-electron chi connectivity index (χ0n) is 35.9. The van der Waals surface area contributed by atoms with Crippen LogP contribution in [0.2, 0.25) is 0 Å². The molecule has 55 heavy (non-hydrogen) atoms. The fraction of sp³-hybridized carbons (Fsp3) is 0.667. The molecule has 0 aliphatic carbocycles. The molecule has 0 fully saturated rings. The normalized spacial score (nSPS) is 13.3. The first-order chi connectivity index (χ1) is 27.2. The molecule has 0 aromatic carbocycles. The van der Waals surface area contributed by atoms with Crippen LogP contribution >= 0.6 is 0 Å². The summed E-state index contributed by atoms with van der Waals surface area (Å²) in [4.78, 5) is 12.2. The maximum absolute atomic E-state index is 12.2. The Morgan fingerprint density at radius 1 is 0.455 bits per heavy atom. The van der Waals surface area contributed by atoms with E-state index in [1.54, 1.807) is 0 Å². The lowest BCUT2D eigenvalue weighted by molar-refractivity contribution is -0.154. The number of carbonyl (C=O) groups is 1. The molecular weight excluding hydrogens is 677 g/mol. The second-order valence-electron chi connectivity index (χ2n) is 14.7. The second-order valence-corrected chi connectivity index (χ2v) is 14.7. The van der Waals surface area contributed by atoms with E-state index in [-0.39, 0.29) is 19.2 Å². The van der Waals surface area contributed by atoms with E-state index in [1.165, 1.54) is 103 Å².